The molecule has 10 aromatic rings. The molecule has 0 aliphatic carbocycles. The number of rotatable bonds is 9. The first-order valence-electron chi connectivity index (χ1n) is 20.4. The minimum atomic E-state index is -2.59. The molecule has 62 heavy (non-hydrogen) atoms. The molecular formula is C54H39N6OP. The van der Waals surface area contributed by atoms with Crippen LogP contribution in [-0.2, 0) is 4.57 Å². The van der Waals surface area contributed by atoms with Gasteiger partial charge in [-0.3, -0.25) is 0 Å². The Morgan fingerprint density at radius 3 is 1.15 bits per heavy atom. The van der Waals surface area contributed by atoms with E-state index in [1.807, 2.05) is 165 Å². The van der Waals surface area contributed by atoms with Gasteiger partial charge in [0.2, 0.25) is 0 Å². The Balaban J connectivity index is 1.18. The van der Waals surface area contributed by atoms with Gasteiger partial charge in [0.25, 0.3) is 0 Å². The molecule has 0 bridgehead atoms. The highest BCUT2D eigenvalue weighted by Gasteiger charge is 2.22. The van der Waals surface area contributed by atoms with Gasteiger partial charge in [-0.15, -0.1) is 0 Å². The Morgan fingerprint density at radius 2 is 0.661 bits per heavy atom. The van der Waals surface area contributed by atoms with Crippen LogP contribution >= 0.6 is 7.14 Å². The van der Waals surface area contributed by atoms with Crippen LogP contribution in [0.25, 0.3) is 101 Å². The molecule has 0 radical (unpaired) electrons. The molecule has 0 amide bonds. The first-order chi connectivity index (χ1) is 30.4. The van der Waals surface area contributed by atoms with Gasteiger partial charge in [0.15, 0.2) is 34.9 Å². The Morgan fingerprint density at radius 1 is 0.290 bits per heavy atom. The summed E-state index contributed by atoms with van der Waals surface area (Å²) in [6.07, 6.45) is 0. The second kappa shape index (κ2) is 16.4. The van der Waals surface area contributed by atoms with Crippen molar-refractivity contribution in [3.8, 4) is 90.6 Å². The molecule has 10 rings (SSSR count). The smallest absolute Gasteiger partial charge is 0.164 e. The Hall–Kier alpha value is -7.73. The molecule has 0 atom stereocenters. The highest BCUT2D eigenvalue weighted by atomic mass is 31.2. The Kier molecular flexibility index (Phi) is 10.2. The maximum Gasteiger partial charge on any atom is 0.164 e. The van der Waals surface area contributed by atoms with Crippen molar-refractivity contribution in [2.24, 2.45) is 0 Å². The molecule has 0 aliphatic heterocycles. The number of nitrogens with zero attached hydrogens (tertiary/aromatic N) is 6. The predicted octanol–water partition coefficient (Wildman–Crippen LogP) is 12.8. The molecule has 0 spiro atoms. The van der Waals surface area contributed by atoms with Crippen LogP contribution < -0.4 is 5.30 Å². The van der Waals surface area contributed by atoms with Gasteiger partial charge in [0, 0.05) is 38.7 Å². The summed E-state index contributed by atoms with van der Waals surface area (Å²) in [5.41, 5.74) is 9.14. The van der Waals surface area contributed by atoms with Gasteiger partial charge in [-0.25, -0.2) is 29.9 Å². The van der Waals surface area contributed by atoms with Gasteiger partial charge in [-0.2, -0.15) is 0 Å². The molecule has 8 heteroatoms. The molecule has 296 valence electrons. The van der Waals surface area contributed by atoms with Crippen molar-refractivity contribution in [2.75, 3.05) is 13.3 Å². The summed E-state index contributed by atoms with van der Waals surface area (Å²) in [6.45, 7) is 3.65. The maximum absolute atomic E-state index is 13.6. The second-order valence-electron chi connectivity index (χ2n) is 15.4. The Bertz CT molecular complexity index is 3170. The van der Waals surface area contributed by atoms with E-state index in [0.29, 0.717) is 34.9 Å². The first kappa shape index (κ1) is 38.5. The lowest BCUT2D eigenvalue weighted by Gasteiger charge is -2.18. The summed E-state index contributed by atoms with van der Waals surface area (Å²) < 4.78 is 13.6. The van der Waals surface area contributed by atoms with Crippen LogP contribution in [0.4, 0.5) is 0 Å². The highest BCUT2D eigenvalue weighted by Crippen LogP contribution is 2.43. The monoisotopic (exact) mass is 818 g/mol. The fourth-order valence-electron chi connectivity index (χ4n) is 7.84. The topological polar surface area (TPSA) is 94.4 Å². The lowest BCUT2D eigenvalue weighted by atomic mass is 9.91. The van der Waals surface area contributed by atoms with Crippen LogP contribution in [0.2, 0.25) is 0 Å². The number of hydrogen-bond donors (Lipinski definition) is 0. The van der Waals surface area contributed by atoms with Crippen molar-refractivity contribution in [1.82, 2.24) is 29.9 Å². The zero-order chi connectivity index (χ0) is 42.0. The van der Waals surface area contributed by atoms with Crippen LogP contribution in [0.5, 0.6) is 0 Å². The molecule has 7 nitrogen and oxygen atoms in total. The van der Waals surface area contributed by atoms with Crippen molar-refractivity contribution >= 4 is 23.2 Å². The van der Waals surface area contributed by atoms with E-state index in [1.165, 1.54) is 0 Å². The zero-order valence-corrected chi connectivity index (χ0v) is 35.0. The van der Waals surface area contributed by atoms with Gasteiger partial charge in [-0.1, -0.05) is 188 Å². The van der Waals surface area contributed by atoms with Crippen LogP contribution in [0, 0.1) is 0 Å². The summed E-state index contributed by atoms with van der Waals surface area (Å²) in [4.78, 5) is 30.3. The summed E-state index contributed by atoms with van der Waals surface area (Å²) in [6, 6.07) is 67.1. The summed E-state index contributed by atoms with van der Waals surface area (Å²) >= 11 is 0. The van der Waals surface area contributed by atoms with E-state index in [9.17, 15) is 4.57 Å². The molecule has 0 aliphatic rings. The van der Waals surface area contributed by atoms with Gasteiger partial charge < -0.3 is 4.57 Å². The normalized spacial score (nSPS) is 11.5. The molecular weight excluding hydrogens is 780 g/mol. The minimum Gasteiger partial charge on any atom is -0.319 e. The largest absolute Gasteiger partial charge is 0.319 e. The van der Waals surface area contributed by atoms with E-state index in [2.05, 4.69) is 48.5 Å². The number of benzene rings is 8. The Labute approximate surface area is 360 Å². The number of aromatic nitrogens is 6. The van der Waals surface area contributed by atoms with E-state index >= 15 is 0 Å². The minimum absolute atomic E-state index is 0.535. The molecule has 0 unspecified atom stereocenters. The van der Waals surface area contributed by atoms with Gasteiger partial charge in [-0.05, 0) is 58.5 Å². The molecule has 0 N–H and O–H groups in total. The van der Waals surface area contributed by atoms with Crippen LogP contribution in [0.3, 0.4) is 0 Å². The number of fused-ring (bicyclic) bond motifs is 1. The maximum atomic E-state index is 13.6. The van der Waals surface area contributed by atoms with E-state index in [1.54, 1.807) is 0 Å². The third-order valence-corrected chi connectivity index (χ3v) is 12.4. The molecule has 2 aromatic heterocycles. The van der Waals surface area contributed by atoms with Gasteiger partial charge >= 0.3 is 0 Å². The fraction of sp³-hybridized carbons (Fsp3) is 0.0370. The molecule has 0 saturated heterocycles. The van der Waals surface area contributed by atoms with E-state index in [0.717, 1.165) is 71.7 Å². The van der Waals surface area contributed by atoms with Crippen molar-refractivity contribution in [3.05, 3.63) is 200 Å². The average Bonchev–Trinajstić information content (AvgIpc) is 3.34. The van der Waals surface area contributed by atoms with Crippen molar-refractivity contribution in [1.29, 1.82) is 0 Å². The lowest BCUT2D eigenvalue weighted by molar-refractivity contribution is 0.588. The molecule has 0 fully saturated rings. The van der Waals surface area contributed by atoms with E-state index in [-0.39, 0.29) is 0 Å². The van der Waals surface area contributed by atoms with Crippen molar-refractivity contribution < 1.29 is 4.57 Å². The van der Waals surface area contributed by atoms with Crippen molar-refractivity contribution in [3.63, 3.8) is 0 Å². The van der Waals surface area contributed by atoms with Crippen LogP contribution in [-0.4, -0.2) is 43.2 Å². The second-order valence-corrected chi connectivity index (χ2v) is 18.6. The summed E-state index contributed by atoms with van der Waals surface area (Å²) in [5.74, 6) is 3.46. The van der Waals surface area contributed by atoms with E-state index < -0.39 is 7.14 Å². The average molecular weight is 819 g/mol. The highest BCUT2D eigenvalue weighted by molar-refractivity contribution is 7.70. The first-order valence-corrected chi connectivity index (χ1v) is 23.0. The third-order valence-electron chi connectivity index (χ3n) is 10.9. The van der Waals surface area contributed by atoms with Crippen LogP contribution in [0.15, 0.2) is 200 Å². The van der Waals surface area contributed by atoms with Gasteiger partial charge in [0.05, 0.1) is 0 Å². The predicted molar refractivity (Wildman–Crippen MR) is 253 cm³/mol. The number of hydrogen-bond acceptors (Lipinski definition) is 7. The van der Waals surface area contributed by atoms with E-state index in [4.69, 9.17) is 29.9 Å². The lowest BCUT2D eigenvalue weighted by Crippen LogP contribution is -2.05. The summed E-state index contributed by atoms with van der Waals surface area (Å²) in [7, 11) is -2.59. The summed E-state index contributed by atoms with van der Waals surface area (Å²) in [5, 5.41) is 2.83. The fourth-order valence-corrected chi connectivity index (χ4v) is 9.04. The standard InChI is InChI=1S/C54H39N6OP/c1-62(2,61)48-33-32-44(43-28-15-16-29-46(43)48)45-31-30-41(35-47(45)54-59-51(38-22-11-5-12-23-38)56-52(60-54)39-24-13-6-14-25-39)40-26-17-27-42(34-40)53-57-49(36-18-7-3-8-19-36)55-50(58-53)37-20-9-4-10-21-37/h3-35H,1-2H3. The quantitative estimate of drug-likeness (QED) is 0.134. The van der Waals surface area contributed by atoms with Crippen LogP contribution in [0.1, 0.15) is 0 Å². The molecule has 0 saturated carbocycles. The third kappa shape index (κ3) is 7.74. The molecule has 8 aromatic carbocycles. The molecule has 2 heterocycles. The van der Waals surface area contributed by atoms with Crippen molar-refractivity contribution in [2.45, 2.75) is 0 Å². The van der Waals surface area contributed by atoms with Gasteiger partial charge in [0.1, 0.15) is 7.14 Å². The zero-order valence-electron chi connectivity index (χ0n) is 34.1. The SMILES string of the molecule is CP(C)(=O)c1ccc(-c2ccc(-c3cccc(-c4nc(-c5ccccc5)nc(-c5ccccc5)n4)c3)cc2-c2nc(-c3ccccc3)nc(-c3ccccc3)n2)c2ccccc12.